The summed E-state index contributed by atoms with van der Waals surface area (Å²) >= 11 is 5.90. The van der Waals surface area contributed by atoms with Crippen LogP contribution < -0.4 is 5.32 Å². The van der Waals surface area contributed by atoms with E-state index in [1.807, 2.05) is 35.1 Å². The van der Waals surface area contributed by atoms with Crippen LogP contribution in [0.1, 0.15) is 43.9 Å². The molecule has 1 atom stereocenters. The van der Waals surface area contributed by atoms with Gasteiger partial charge in [0.1, 0.15) is 0 Å². The van der Waals surface area contributed by atoms with Crippen LogP contribution >= 0.6 is 11.6 Å². The predicted octanol–water partition coefficient (Wildman–Crippen LogP) is 4.04. The SMILES string of the molecule is CCCNC(CC)c1cnn(Cc2ccc(Cl)cc2)c1. The zero-order valence-electron chi connectivity index (χ0n) is 12.1. The first-order valence-corrected chi connectivity index (χ1v) is 7.61. The number of nitrogens with zero attached hydrogens (tertiary/aromatic N) is 2. The average molecular weight is 292 g/mol. The van der Waals surface area contributed by atoms with E-state index in [1.165, 1.54) is 11.1 Å². The van der Waals surface area contributed by atoms with Crippen molar-refractivity contribution in [3.05, 3.63) is 52.8 Å². The van der Waals surface area contributed by atoms with Gasteiger partial charge >= 0.3 is 0 Å². The maximum Gasteiger partial charge on any atom is 0.0659 e. The molecule has 2 aromatic rings. The van der Waals surface area contributed by atoms with E-state index in [2.05, 4.69) is 30.5 Å². The van der Waals surface area contributed by atoms with Crippen molar-refractivity contribution in [3.63, 3.8) is 0 Å². The van der Waals surface area contributed by atoms with Gasteiger partial charge in [0.15, 0.2) is 0 Å². The van der Waals surface area contributed by atoms with E-state index in [1.54, 1.807) is 0 Å². The lowest BCUT2D eigenvalue weighted by atomic mass is 10.1. The summed E-state index contributed by atoms with van der Waals surface area (Å²) < 4.78 is 1.98. The van der Waals surface area contributed by atoms with E-state index in [-0.39, 0.29) is 0 Å². The maximum absolute atomic E-state index is 5.90. The summed E-state index contributed by atoms with van der Waals surface area (Å²) in [5.74, 6) is 0. The molecular formula is C16H22ClN3. The van der Waals surface area contributed by atoms with Crippen molar-refractivity contribution in [2.75, 3.05) is 6.54 Å². The highest BCUT2D eigenvalue weighted by Crippen LogP contribution is 2.16. The number of aromatic nitrogens is 2. The second-order valence-corrected chi connectivity index (χ2v) is 5.45. The molecule has 0 saturated carbocycles. The van der Waals surface area contributed by atoms with E-state index in [9.17, 15) is 0 Å². The summed E-state index contributed by atoms with van der Waals surface area (Å²) in [5.41, 5.74) is 2.47. The Balaban J connectivity index is 2.02. The van der Waals surface area contributed by atoms with Gasteiger partial charge in [0.2, 0.25) is 0 Å². The molecular weight excluding hydrogens is 270 g/mol. The highest BCUT2D eigenvalue weighted by molar-refractivity contribution is 6.30. The molecule has 2 rings (SSSR count). The minimum Gasteiger partial charge on any atom is -0.310 e. The van der Waals surface area contributed by atoms with Gasteiger partial charge in [-0.15, -0.1) is 0 Å². The Morgan fingerprint density at radius 2 is 2.00 bits per heavy atom. The zero-order chi connectivity index (χ0) is 14.4. The topological polar surface area (TPSA) is 29.9 Å². The van der Waals surface area contributed by atoms with E-state index >= 15 is 0 Å². The van der Waals surface area contributed by atoms with Crippen LogP contribution in [0.15, 0.2) is 36.7 Å². The Morgan fingerprint density at radius 1 is 1.25 bits per heavy atom. The van der Waals surface area contributed by atoms with Gasteiger partial charge in [0.25, 0.3) is 0 Å². The third-order valence-corrected chi connectivity index (χ3v) is 3.61. The molecule has 0 saturated heterocycles. The van der Waals surface area contributed by atoms with Gasteiger partial charge in [-0.2, -0.15) is 5.10 Å². The zero-order valence-corrected chi connectivity index (χ0v) is 12.9. The van der Waals surface area contributed by atoms with Gasteiger partial charge in [-0.1, -0.05) is 37.6 Å². The molecule has 1 N–H and O–H groups in total. The van der Waals surface area contributed by atoms with Crippen molar-refractivity contribution in [2.24, 2.45) is 0 Å². The Labute approximate surface area is 126 Å². The maximum atomic E-state index is 5.90. The Morgan fingerprint density at radius 3 is 2.65 bits per heavy atom. The number of rotatable bonds is 7. The fraction of sp³-hybridized carbons (Fsp3) is 0.438. The molecule has 1 aromatic carbocycles. The summed E-state index contributed by atoms with van der Waals surface area (Å²) in [6, 6.07) is 8.30. The second kappa shape index (κ2) is 7.46. The van der Waals surface area contributed by atoms with E-state index in [0.29, 0.717) is 6.04 Å². The van der Waals surface area contributed by atoms with E-state index < -0.39 is 0 Å². The van der Waals surface area contributed by atoms with Crippen molar-refractivity contribution < 1.29 is 0 Å². The predicted molar refractivity (Wildman–Crippen MR) is 84.1 cm³/mol. The molecule has 0 spiro atoms. The normalized spacial score (nSPS) is 12.6. The molecule has 4 heteroatoms. The van der Waals surface area contributed by atoms with E-state index in [0.717, 1.165) is 31.0 Å². The largest absolute Gasteiger partial charge is 0.310 e. The highest BCUT2D eigenvalue weighted by Gasteiger charge is 2.10. The first-order valence-electron chi connectivity index (χ1n) is 7.23. The molecule has 108 valence electrons. The quantitative estimate of drug-likeness (QED) is 0.834. The molecule has 1 aromatic heterocycles. The van der Waals surface area contributed by atoms with E-state index in [4.69, 9.17) is 11.6 Å². The lowest BCUT2D eigenvalue weighted by Gasteiger charge is -2.14. The fourth-order valence-corrected chi connectivity index (χ4v) is 2.37. The summed E-state index contributed by atoms with van der Waals surface area (Å²) in [7, 11) is 0. The first kappa shape index (κ1) is 15.1. The molecule has 1 heterocycles. The monoisotopic (exact) mass is 291 g/mol. The number of halogens is 1. The van der Waals surface area contributed by atoms with Gasteiger partial charge in [-0.05, 0) is 37.1 Å². The van der Waals surface area contributed by atoms with Gasteiger partial charge in [0, 0.05) is 22.8 Å². The molecule has 0 radical (unpaired) electrons. The lowest BCUT2D eigenvalue weighted by molar-refractivity contribution is 0.517. The number of hydrogen-bond donors (Lipinski definition) is 1. The Bertz CT molecular complexity index is 519. The average Bonchev–Trinajstić information content (AvgIpc) is 2.91. The summed E-state index contributed by atoms with van der Waals surface area (Å²) in [6.07, 6.45) is 6.32. The molecule has 3 nitrogen and oxygen atoms in total. The minimum absolute atomic E-state index is 0.397. The molecule has 0 aliphatic carbocycles. The van der Waals surface area contributed by atoms with Gasteiger partial charge in [-0.3, -0.25) is 4.68 Å². The third-order valence-electron chi connectivity index (χ3n) is 3.36. The fourth-order valence-electron chi connectivity index (χ4n) is 2.24. The Kier molecular flexibility index (Phi) is 5.62. The number of hydrogen-bond acceptors (Lipinski definition) is 2. The van der Waals surface area contributed by atoms with Crippen LogP contribution in [0.2, 0.25) is 5.02 Å². The van der Waals surface area contributed by atoms with Gasteiger partial charge in [0.05, 0.1) is 12.7 Å². The van der Waals surface area contributed by atoms with Crippen molar-refractivity contribution in [1.29, 1.82) is 0 Å². The third kappa shape index (κ3) is 4.09. The van der Waals surface area contributed by atoms with Crippen LogP contribution in [-0.2, 0) is 6.54 Å². The number of nitrogens with one attached hydrogen (secondary N) is 1. The molecule has 1 unspecified atom stereocenters. The molecule has 0 aliphatic rings. The van der Waals surface area contributed by atoms with Crippen LogP contribution in [0.4, 0.5) is 0 Å². The van der Waals surface area contributed by atoms with Crippen LogP contribution in [0.25, 0.3) is 0 Å². The molecule has 0 aliphatic heterocycles. The van der Waals surface area contributed by atoms with Crippen molar-refractivity contribution in [3.8, 4) is 0 Å². The van der Waals surface area contributed by atoms with Crippen molar-refractivity contribution >= 4 is 11.6 Å². The first-order chi connectivity index (χ1) is 9.72. The minimum atomic E-state index is 0.397. The van der Waals surface area contributed by atoms with Crippen LogP contribution in [0, 0.1) is 0 Å². The standard InChI is InChI=1S/C16H22ClN3/c1-3-9-18-16(4-2)14-10-19-20(12-14)11-13-5-7-15(17)8-6-13/h5-8,10,12,16,18H,3-4,9,11H2,1-2H3. The van der Waals surface area contributed by atoms with Gasteiger partial charge < -0.3 is 5.32 Å². The Hall–Kier alpha value is -1.32. The summed E-state index contributed by atoms with van der Waals surface area (Å²) in [6.45, 7) is 6.20. The number of benzene rings is 1. The van der Waals surface area contributed by atoms with Crippen LogP contribution in [0.3, 0.4) is 0 Å². The smallest absolute Gasteiger partial charge is 0.0659 e. The molecule has 20 heavy (non-hydrogen) atoms. The second-order valence-electron chi connectivity index (χ2n) is 5.01. The highest BCUT2D eigenvalue weighted by atomic mass is 35.5. The lowest BCUT2D eigenvalue weighted by Crippen LogP contribution is -2.21. The van der Waals surface area contributed by atoms with Crippen LogP contribution in [-0.4, -0.2) is 16.3 Å². The molecule has 0 bridgehead atoms. The summed E-state index contributed by atoms with van der Waals surface area (Å²) in [4.78, 5) is 0. The van der Waals surface area contributed by atoms with Crippen LogP contribution in [0.5, 0.6) is 0 Å². The van der Waals surface area contributed by atoms with Gasteiger partial charge in [-0.25, -0.2) is 0 Å². The van der Waals surface area contributed by atoms with Crippen molar-refractivity contribution in [2.45, 2.75) is 39.3 Å². The molecule has 0 amide bonds. The molecule has 0 fully saturated rings. The summed E-state index contributed by atoms with van der Waals surface area (Å²) in [5, 5.41) is 8.77. The van der Waals surface area contributed by atoms with Crippen molar-refractivity contribution in [1.82, 2.24) is 15.1 Å².